The van der Waals surface area contributed by atoms with Crippen LogP contribution in [0.3, 0.4) is 0 Å². The van der Waals surface area contributed by atoms with Gasteiger partial charge in [-0.05, 0) is 44.5 Å². The van der Waals surface area contributed by atoms with Gasteiger partial charge in [0, 0.05) is 38.1 Å². The van der Waals surface area contributed by atoms with Crippen molar-refractivity contribution in [1.82, 2.24) is 19.5 Å². The first-order valence-corrected chi connectivity index (χ1v) is 9.04. The maximum absolute atomic E-state index is 13.0. The van der Waals surface area contributed by atoms with Crippen molar-refractivity contribution < 1.29 is 4.79 Å². The number of aromatic nitrogens is 3. The number of amides is 1. The second-order valence-electron chi connectivity index (χ2n) is 6.86. The molecule has 0 unspecified atom stereocenters. The van der Waals surface area contributed by atoms with Crippen LogP contribution in [0.15, 0.2) is 42.6 Å². The molecule has 1 fully saturated rings. The van der Waals surface area contributed by atoms with Gasteiger partial charge >= 0.3 is 0 Å². The Kier molecular flexibility index (Phi) is 4.32. The van der Waals surface area contributed by atoms with Crippen LogP contribution in [0.4, 0.5) is 5.69 Å². The maximum atomic E-state index is 13.0. The quantitative estimate of drug-likeness (QED) is 0.714. The van der Waals surface area contributed by atoms with E-state index in [2.05, 4.69) is 46.3 Å². The molecule has 1 aliphatic heterocycles. The minimum Gasteiger partial charge on any atom is -0.370 e. The van der Waals surface area contributed by atoms with Crippen molar-refractivity contribution in [2.75, 3.05) is 31.1 Å². The van der Waals surface area contributed by atoms with E-state index in [1.165, 1.54) is 11.3 Å². The van der Waals surface area contributed by atoms with E-state index in [1.54, 1.807) is 0 Å². The molecule has 0 N–H and O–H groups in total. The first-order chi connectivity index (χ1) is 12.6. The average molecular weight is 349 g/mol. The molecule has 6 heteroatoms. The molecular weight excluding hydrogens is 326 g/mol. The molecule has 1 amide bonds. The third kappa shape index (κ3) is 3.14. The number of nitrogens with zero attached hydrogens (tertiary/aromatic N) is 5. The van der Waals surface area contributed by atoms with Crippen molar-refractivity contribution in [3.63, 3.8) is 0 Å². The number of rotatable bonds is 2. The summed E-state index contributed by atoms with van der Waals surface area (Å²) in [5, 5.41) is 8.13. The normalized spacial score (nSPS) is 15.3. The summed E-state index contributed by atoms with van der Waals surface area (Å²) in [6.07, 6.45) is 2.81. The van der Waals surface area contributed by atoms with Crippen molar-refractivity contribution >= 4 is 17.2 Å². The molecule has 1 aliphatic rings. The van der Waals surface area contributed by atoms with E-state index in [0.717, 1.165) is 44.1 Å². The highest BCUT2D eigenvalue weighted by atomic mass is 16.2. The standard InChI is InChI=1S/C20H23N5O/c1-15-4-7-18(8-5-15)23-10-3-11-24(13-12-23)20(26)17-6-9-19-22-21-16(2)25(19)14-17/h4-9,14H,3,10-13H2,1-2H3. The molecule has 2 aromatic heterocycles. The van der Waals surface area contributed by atoms with E-state index in [9.17, 15) is 4.79 Å². The fourth-order valence-corrected chi connectivity index (χ4v) is 3.45. The lowest BCUT2D eigenvalue weighted by Crippen LogP contribution is -2.35. The van der Waals surface area contributed by atoms with Gasteiger partial charge in [0.25, 0.3) is 5.91 Å². The van der Waals surface area contributed by atoms with Crippen LogP contribution >= 0.6 is 0 Å². The van der Waals surface area contributed by atoms with Crippen molar-refractivity contribution in [3.8, 4) is 0 Å². The Balaban J connectivity index is 1.49. The molecule has 0 aliphatic carbocycles. The lowest BCUT2D eigenvalue weighted by Gasteiger charge is -2.24. The molecule has 0 bridgehead atoms. The van der Waals surface area contributed by atoms with Crippen LogP contribution < -0.4 is 4.90 Å². The van der Waals surface area contributed by atoms with Gasteiger partial charge in [-0.25, -0.2) is 0 Å². The van der Waals surface area contributed by atoms with Crippen molar-refractivity contribution in [2.24, 2.45) is 0 Å². The minimum atomic E-state index is 0.0748. The maximum Gasteiger partial charge on any atom is 0.255 e. The summed E-state index contributed by atoms with van der Waals surface area (Å²) in [5.74, 6) is 0.863. The van der Waals surface area contributed by atoms with Crippen molar-refractivity contribution in [3.05, 3.63) is 59.5 Å². The summed E-state index contributed by atoms with van der Waals surface area (Å²) in [6, 6.07) is 12.3. The lowest BCUT2D eigenvalue weighted by atomic mass is 10.2. The van der Waals surface area contributed by atoms with E-state index in [4.69, 9.17) is 0 Å². The molecule has 0 atom stereocenters. The van der Waals surface area contributed by atoms with Crippen molar-refractivity contribution in [2.45, 2.75) is 20.3 Å². The van der Waals surface area contributed by atoms with Crippen LogP contribution in [0.1, 0.15) is 28.2 Å². The molecule has 26 heavy (non-hydrogen) atoms. The van der Waals surface area contributed by atoms with Crippen LogP contribution in [0.25, 0.3) is 5.65 Å². The molecule has 1 saturated heterocycles. The average Bonchev–Trinajstić information content (AvgIpc) is 2.87. The van der Waals surface area contributed by atoms with Gasteiger partial charge in [-0.15, -0.1) is 10.2 Å². The second-order valence-corrected chi connectivity index (χ2v) is 6.86. The Labute approximate surface area is 153 Å². The van der Waals surface area contributed by atoms with Gasteiger partial charge in [0.2, 0.25) is 0 Å². The summed E-state index contributed by atoms with van der Waals surface area (Å²) in [6.45, 7) is 7.31. The molecule has 4 rings (SSSR count). The topological polar surface area (TPSA) is 53.7 Å². The Morgan fingerprint density at radius 1 is 0.923 bits per heavy atom. The zero-order valence-corrected chi connectivity index (χ0v) is 15.2. The summed E-state index contributed by atoms with van der Waals surface area (Å²) in [5.41, 5.74) is 3.94. The molecule has 6 nitrogen and oxygen atoms in total. The summed E-state index contributed by atoms with van der Waals surface area (Å²) < 4.78 is 1.86. The zero-order chi connectivity index (χ0) is 18.1. The number of pyridine rings is 1. The third-order valence-corrected chi connectivity index (χ3v) is 5.00. The Morgan fingerprint density at radius 3 is 2.54 bits per heavy atom. The molecule has 134 valence electrons. The number of hydrogen-bond acceptors (Lipinski definition) is 4. The zero-order valence-electron chi connectivity index (χ0n) is 15.2. The Morgan fingerprint density at radius 2 is 1.73 bits per heavy atom. The highest BCUT2D eigenvalue weighted by Crippen LogP contribution is 2.18. The van der Waals surface area contributed by atoms with Gasteiger partial charge in [0.1, 0.15) is 5.82 Å². The van der Waals surface area contributed by atoms with E-state index < -0.39 is 0 Å². The van der Waals surface area contributed by atoms with Crippen LogP contribution in [0.5, 0.6) is 0 Å². The number of fused-ring (bicyclic) bond motifs is 1. The predicted octanol–water partition coefficient (Wildman–Crippen LogP) is 2.70. The number of hydrogen-bond donors (Lipinski definition) is 0. The highest BCUT2D eigenvalue weighted by molar-refractivity contribution is 5.94. The minimum absolute atomic E-state index is 0.0748. The molecule has 1 aromatic carbocycles. The molecule has 3 heterocycles. The van der Waals surface area contributed by atoms with Crippen LogP contribution in [-0.2, 0) is 0 Å². The van der Waals surface area contributed by atoms with Crippen LogP contribution in [-0.4, -0.2) is 51.6 Å². The monoisotopic (exact) mass is 349 g/mol. The number of benzene rings is 1. The Bertz CT molecular complexity index is 931. The van der Waals surface area contributed by atoms with Gasteiger partial charge in [-0.3, -0.25) is 9.20 Å². The van der Waals surface area contributed by atoms with E-state index in [1.807, 2.05) is 34.6 Å². The summed E-state index contributed by atoms with van der Waals surface area (Å²) >= 11 is 0. The third-order valence-electron chi connectivity index (χ3n) is 5.00. The van der Waals surface area contributed by atoms with Gasteiger partial charge < -0.3 is 9.80 Å². The molecule has 0 radical (unpaired) electrons. The predicted molar refractivity (Wildman–Crippen MR) is 102 cm³/mol. The Hall–Kier alpha value is -2.89. The fourth-order valence-electron chi connectivity index (χ4n) is 3.45. The molecule has 0 spiro atoms. The number of carbonyl (C=O) groups excluding carboxylic acids is 1. The summed E-state index contributed by atoms with van der Waals surface area (Å²) in [7, 11) is 0. The molecular formula is C20H23N5O. The number of anilines is 1. The summed E-state index contributed by atoms with van der Waals surface area (Å²) in [4.78, 5) is 17.3. The lowest BCUT2D eigenvalue weighted by molar-refractivity contribution is 0.0766. The van der Waals surface area contributed by atoms with Gasteiger partial charge in [0.05, 0.1) is 5.56 Å². The second kappa shape index (κ2) is 6.78. The van der Waals surface area contributed by atoms with E-state index in [-0.39, 0.29) is 5.91 Å². The first-order valence-electron chi connectivity index (χ1n) is 9.04. The smallest absolute Gasteiger partial charge is 0.255 e. The van der Waals surface area contributed by atoms with Crippen molar-refractivity contribution in [1.29, 1.82) is 0 Å². The first kappa shape index (κ1) is 16.6. The molecule has 3 aromatic rings. The number of aryl methyl sites for hydroxylation is 2. The van der Waals surface area contributed by atoms with Crippen LogP contribution in [0, 0.1) is 13.8 Å². The van der Waals surface area contributed by atoms with E-state index in [0.29, 0.717) is 5.56 Å². The SMILES string of the molecule is Cc1ccc(N2CCCN(C(=O)c3ccc4nnc(C)n4c3)CC2)cc1. The largest absolute Gasteiger partial charge is 0.370 e. The molecule has 0 saturated carbocycles. The fraction of sp³-hybridized carbons (Fsp3) is 0.350. The highest BCUT2D eigenvalue weighted by Gasteiger charge is 2.21. The van der Waals surface area contributed by atoms with Gasteiger partial charge in [-0.2, -0.15) is 0 Å². The van der Waals surface area contributed by atoms with Gasteiger partial charge in [0.15, 0.2) is 5.65 Å². The van der Waals surface area contributed by atoms with Gasteiger partial charge in [-0.1, -0.05) is 17.7 Å². The number of carbonyl (C=O) groups is 1. The van der Waals surface area contributed by atoms with E-state index >= 15 is 0 Å². The van der Waals surface area contributed by atoms with Crippen LogP contribution in [0.2, 0.25) is 0 Å².